The lowest BCUT2D eigenvalue weighted by molar-refractivity contribution is -0.384. The van der Waals surface area contributed by atoms with Crippen molar-refractivity contribution in [3.63, 3.8) is 0 Å². The van der Waals surface area contributed by atoms with Crippen molar-refractivity contribution in [1.29, 1.82) is 0 Å². The van der Waals surface area contributed by atoms with Crippen molar-refractivity contribution in [2.24, 2.45) is 0 Å². The second-order valence-corrected chi connectivity index (χ2v) is 32.3. The number of carbonyl (C=O) groups is 13. The number of methoxy groups -OCH3 is 4. The SMILES string of the molecule is CC(=O)Nc1ccc(C(=O)N/C(=C\c2ccc(N(C)C)cc2)C(=O)NCCO)cc1.CCCCOc1ccc(C(=O)N/C(=C\c2ccc([N+](=O)[O-])cc2)C(=O)NCCO)cc1.CCOC(=O)CNC(=O)/C(=C/c1ccc(C(C)C)cc1)NC(=O)c1ccc(OC)cc1.COCCNC(=O)/C(=C/c1ccc(OC)cc1)NC(=O)c1ccc(C)cc1.COc1ccc(/C=C(\NC(=O)c2ccc(NC(C)=O)cc2)C(=O)NCCO)cc1. The van der Waals surface area contributed by atoms with Crippen LogP contribution in [0.15, 0.2) is 271 Å². The molecule has 15 N–H and O–H groups in total. The molecule has 38 heteroatoms. The number of nitro groups is 1. The second-order valence-electron chi connectivity index (χ2n) is 32.3. The minimum absolute atomic E-state index is 0.0100. The predicted octanol–water partition coefficient (Wildman–Crippen LogP) is 11.6. The number of esters is 1. The van der Waals surface area contributed by atoms with E-state index in [0.717, 1.165) is 46.3 Å². The van der Waals surface area contributed by atoms with E-state index in [2.05, 4.69) is 84.6 Å². The van der Waals surface area contributed by atoms with E-state index < -0.39 is 58.2 Å². The van der Waals surface area contributed by atoms with Crippen LogP contribution in [0.4, 0.5) is 22.7 Å². The summed E-state index contributed by atoms with van der Waals surface area (Å²) in [5, 5.41) is 68.7. The summed E-state index contributed by atoms with van der Waals surface area (Å²) >= 11 is 0. The number of nitro benzene ring substituents is 1. The van der Waals surface area contributed by atoms with E-state index in [1.54, 1.807) is 192 Å². The lowest BCUT2D eigenvalue weighted by atomic mass is 10.0. The third kappa shape index (κ3) is 43.6. The number of aryl methyl sites for hydroxylation is 1. The Morgan fingerprint density at radius 3 is 0.959 bits per heavy atom. The van der Waals surface area contributed by atoms with Crippen LogP contribution in [0, 0.1) is 17.0 Å². The number of nitrogens with zero attached hydrogens (tertiary/aromatic N) is 2. The van der Waals surface area contributed by atoms with Gasteiger partial charge in [-0.3, -0.25) is 72.4 Å². The average molecular weight is 2030 g/mol. The van der Waals surface area contributed by atoms with Gasteiger partial charge in [0.25, 0.3) is 64.8 Å². The van der Waals surface area contributed by atoms with Crippen molar-refractivity contribution >= 4 is 130 Å². The Bertz CT molecular complexity index is 6220. The van der Waals surface area contributed by atoms with Crippen LogP contribution in [-0.2, 0) is 47.8 Å². The molecule has 0 unspecified atom stereocenters. The van der Waals surface area contributed by atoms with Crippen molar-refractivity contribution in [2.45, 2.75) is 67.2 Å². The van der Waals surface area contributed by atoms with Gasteiger partial charge in [-0.05, 0) is 248 Å². The maximum absolute atomic E-state index is 12.7. The first-order valence-corrected chi connectivity index (χ1v) is 46.7. The predicted molar refractivity (Wildman–Crippen MR) is 565 cm³/mol. The highest BCUT2D eigenvalue weighted by molar-refractivity contribution is 6.10. The molecule has 12 amide bonds. The molecule has 0 saturated carbocycles. The molecule has 0 saturated heterocycles. The minimum atomic E-state index is -0.597. The van der Waals surface area contributed by atoms with Gasteiger partial charge in [0.1, 0.15) is 58.0 Å². The zero-order valence-corrected chi connectivity index (χ0v) is 84.6. The third-order valence-corrected chi connectivity index (χ3v) is 20.3. The summed E-state index contributed by atoms with van der Waals surface area (Å²) in [5.41, 5.74) is 9.65. The van der Waals surface area contributed by atoms with Crippen molar-refractivity contribution < 1.29 is 111 Å². The summed E-state index contributed by atoms with van der Waals surface area (Å²) in [7, 11) is 10.1. The molecule has 10 aromatic rings. The number of aliphatic hydroxyl groups excluding tert-OH is 3. The van der Waals surface area contributed by atoms with Crippen LogP contribution in [-0.4, -0.2) is 212 Å². The Labute approximate surface area is 858 Å². The first kappa shape index (κ1) is 119. The normalized spacial score (nSPS) is 10.9. The summed E-state index contributed by atoms with van der Waals surface area (Å²) < 4.78 is 30.7. The van der Waals surface area contributed by atoms with Gasteiger partial charge in [0.2, 0.25) is 11.8 Å². The number of hydrogen-bond acceptors (Lipinski definition) is 25. The van der Waals surface area contributed by atoms with Gasteiger partial charge >= 0.3 is 5.97 Å². The van der Waals surface area contributed by atoms with E-state index in [1.165, 1.54) is 69.5 Å². The maximum Gasteiger partial charge on any atom is 0.325 e. The highest BCUT2D eigenvalue weighted by Gasteiger charge is 2.23. The van der Waals surface area contributed by atoms with Crippen LogP contribution in [0.3, 0.4) is 0 Å². The number of aliphatic hydroxyl groups is 3. The molecule has 0 heterocycles. The number of nitrogens with one attached hydrogen (secondary N) is 12. The number of non-ortho nitro benzene ring substituents is 1. The number of ether oxygens (including phenoxy) is 6. The van der Waals surface area contributed by atoms with E-state index in [-0.39, 0.29) is 110 Å². The number of anilines is 3. The molecule has 0 aliphatic carbocycles. The quantitative estimate of drug-likeness (QED) is 0.00554. The number of rotatable bonds is 44. The van der Waals surface area contributed by atoms with Gasteiger partial charge in [-0.25, -0.2) is 0 Å². The lowest BCUT2D eigenvalue weighted by Crippen LogP contribution is -2.37. The molecule has 0 radical (unpaired) electrons. The van der Waals surface area contributed by atoms with Gasteiger partial charge in [0.15, 0.2) is 0 Å². The topological polar surface area (TPSA) is 529 Å². The zero-order chi connectivity index (χ0) is 108. The number of amides is 12. The molecule has 10 rings (SSSR count). The molecule has 0 aliphatic heterocycles. The Morgan fingerprint density at radius 2 is 0.669 bits per heavy atom. The Morgan fingerprint density at radius 1 is 0.378 bits per heavy atom. The fraction of sp³-hybridized carbons (Fsp3) is 0.245. The highest BCUT2D eigenvalue weighted by atomic mass is 16.6. The summed E-state index contributed by atoms with van der Waals surface area (Å²) in [6.07, 6.45) is 9.62. The molecule has 38 nitrogen and oxygen atoms in total. The van der Waals surface area contributed by atoms with E-state index in [1.807, 2.05) is 86.6 Å². The Hall–Kier alpha value is -17.8. The maximum atomic E-state index is 12.7. The van der Waals surface area contributed by atoms with Crippen molar-refractivity contribution in [3.05, 3.63) is 348 Å². The zero-order valence-electron chi connectivity index (χ0n) is 84.6. The Kier molecular flexibility index (Phi) is 52.0. The van der Waals surface area contributed by atoms with Crippen LogP contribution in [0.25, 0.3) is 30.4 Å². The second kappa shape index (κ2) is 64.7. The first-order chi connectivity index (χ1) is 71.0. The molecule has 780 valence electrons. The molecule has 10 aromatic carbocycles. The molecule has 0 atom stereocenters. The minimum Gasteiger partial charge on any atom is -0.497 e. The third-order valence-electron chi connectivity index (χ3n) is 20.3. The largest absolute Gasteiger partial charge is 0.497 e. The fourth-order valence-electron chi connectivity index (χ4n) is 12.5. The summed E-state index contributed by atoms with van der Waals surface area (Å²) in [6.45, 7) is 13.3. The molecule has 0 aliphatic rings. The van der Waals surface area contributed by atoms with E-state index in [4.69, 9.17) is 43.7 Å². The van der Waals surface area contributed by atoms with Gasteiger partial charge in [-0.1, -0.05) is 106 Å². The standard InChI is InChI=1S/C24H28N2O5.C22H26N4O4.C22H25N3O6.C21H23N3O5.C21H24N2O4/c1-5-31-22(27)15-25-24(29)21(14-17-6-8-18(9-7-17)16(2)3)26-23(28)19-10-12-20(30-4)13-11-19;1-15(28)24-18-8-6-17(7-9-18)21(29)25-20(22(30)23-12-13-27)14-16-4-10-19(11-5-16)26(2)3;1-2-3-14-31-19-10-6-17(7-11-19)21(27)24-20(22(28)23-12-13-26)15-16-4-8-18(9-5-16)25(29)30;1-14(26)23-17-7-5-16(6-8-17)20(27)24-19(21(28)22-11-12-25)13-15-3-9-18(29-2)10-4-15;1-15-4-8-17(9-5-15)20(24)23-19(21(25)22-12-13-26-2)14-16-6-10-18(27-3)11-7-16/h6-14,16H,5,15H2,1-4H3,(H,25,29)(H,26,28);4-11,14,27H,12-13H2,1-3H3,(H,23,30)(H,24,28)(H,25,29);4-11,15,26H,2-3,12-14H2,1H3,(H,23,28)(H,24,27);3-10,13,25H,11-12H2,1-2H3,(H,22,28)(H,23,26)(H,24,27);4-11,14H,12-13H2,1-3H3,(H,22,25)(H,23,24)/b21-14-;20-14-;20-15-;19-13-;19-14-. The molecular formula is C110H126N14O24. The van der Waals surface area contributed by atoms with Crippen molar-refractivity contribution in [3.8, 4) is 23.0 Å². The van der Waals surface area contributed by atoms with Crippen LogP contribution < -0.4 is 87.6 Å². The molecule has 0 fully saturated rings. The van der Waals surface area contributed by atoms with Crippen LogP contribution in [0.5, 0.6) is 23.0 Å². The lowest BCUT2D eigenvalue weighted by Gasteiger charge is -2.13. The summed E-state index contributed by atoms with van der Waals surface area (Å²) in [6, 6.07) is 67.6. The van der Waals surface area contributed by atoms with Crippen molar-refractivity contribution in [1.82, 2.24) is 53.2 Å². The summed E-state index contributed by atoms with van der Waals surface area (Å²) in [5.74, 6) is -2.87. The molecular weight excluding hydrogens is 1900 g/mol. The number of carbonyl (C=O) groups excluding carboxylic acids is 13. The van der Waals surface area contributed by atoms with Gasteiger partial charge < -0.3 is 112 Å². The van der Waals surface area contributed by atoms with Gasteiger partial charge in [-0.2, -0.15) is 0 Å². The van der Waals surface area contributed by atoms with Crippen LogP contribution in [0.1, 0.15) is 151 Å². The van der Waals surface area contributed by atoms with Gasteiger partial charge in [-0.15, -0.1) is 0 Å². The smallest absolute Gasteiger partial charge is 0.325 e. The van der Waals surface area contributed by atoms with E-state index in [9.17, 15) is 72.4 Å². The molecule has 148 heavy (non-hydrogen) atoms. The fourth-order valence-corrected chi connectivity index (χ4v) is 12.5. The number of unbranched alkanes of at least 4 members (excludes halogenated alkanes) is 1. The highest BCUT2D eigenvalue weighted by Crippen LogP contribution is 2.24. The Balaban J connectivity index is 0.000000283. The average Bonchev–Trinajstić information content (AvgIpc) is 0.860. The molecule has 0 bridgehead atoms. The van der Waals surface area contributed by atoms with Gasteiger partial charge in [0.05, 0.1) is 65.9 Å². The monoisotopic (exact) mass is 2030 g/mol. The molecule has 0 aromatic heterocycles. The number of benzene rings is 10. The molecule has 0 spiro atoms. The van der Waals surface area contributed by atoms with Crippen LogP contribution in [0.2, 0.25) is 0 Å². The van der Waals surface area contributed by atoms with E-state index in [0.29, 0.717) is 99.0 Å². The van der Waals surface area contributed by atoms with Gasteiger partial charge in [0, 0.05) is 118 Å². The van der Waals surface area contributed by atoms with Crippen LogP contribution >= 0.6 is 0 Å². The number of hydrogen-bond donors (Lipinski definition) is 15. The summed E-state index contributed by atoms with van der Waals surface area (Å²) in [4.78, 5) is 171. The first-order valence-electron chi connectivity index (χ1n) is 46.7. The van der Waals surface area contributed by atoms with Crippen molar-refractivity contribution in [2.75, 3.05) is 130 Å². The van der Waals surface area contributed by atoms with E-state index >= 15 is 0 Å².